The fourth-order valence-corrected chi connectivity index (χ4v) is 2.63. The predicted molar refractivity (Wildman–Crippen MR) is 65.7 cm³/mol. The molecular formula is C12H17BrN2. The van der Waals surface area contributed by atoms with Crippen molar-refractivity contribution in [3.63, 3.8) is 0 Å². The highest BCUT2D eigenvalue weighted by atomic mass is 79.9. The van der Waals surface area contributed by atoms with Gasteiger partial charge >= 0.3 is 0 Å². The zero-order valence-electron chi connectivity index (χ0n) is 9.33. The highest BCUT2D eigenvalue weighted by molar-refractivity contribution is 9.10. The van der Waals surface area contributed by atoms with Crippen LogP contribution < -0.4 is 0 Å². The summed E-state index contributed by atoms with van der Waals surface area (Å²) < 4.78 is 1.07. The first-order chi connectivity index (χ1) is 7.08. The Hall–Kier alpha value is -0.410. The molecular weight excluding hydrogens is 252 g/mol. The molecule has 0 bridgehead atoms. The van der Waals surface area contributed by atoms with Crippen molar-refractivity contribution in [1.29, 1.82) is 0 Å². The van der Waals surface area contributed by atoms with Crippen LogP contribution in [0.2, 0.25) is 0 Å². The molecule has 1 fully saturated rings. The first-order valence-electron chi connectivity index (χ1n) is 5.42. The lowest BCUT2D eigenvalue weighted by molar-refractivity contribution is 0.166. The standard InChI is InChI=1S/C12H17BrN2/c1-12(2)4-3-5-15(12)9-10-6-11(13)8-14-7-10/h6-8H,3-5,9H2,1-2H3. The van der Waals surface area contributed by atoms with E-state index in [2.05, 4.69) is 45.7 Å². The molecule has 0 amide bonds. The number of nitrogens with zero attached hydrogens (tertiary/aromatic N) is 2. The first-order valence-corrected chi connectivity index (χ1v) is 6.22. The van der Waals surface area contributed by atoms with E-state index >= 15 is 0 Å². The third kappa shape index (κ3) is 2.58. The molecule has 2 nitrogen and oxygen atoms in total. The van der Waals surface area contributed by atoms with Crippen molar-refractivity contribution in [3.8, 4) is 0 Å². The summed E-state index contributed by atoms with van der Waals surface area (Å²) in [5.41, 5.74) is 1.64. The van der Waals surface area contributed by atoms with Gasteiger partial charge in [0.05, 0.1) is 0 Å². The van der Waals surface area contributed by atoms with Crippen molar-refractivity contribution < 1.29 is 0 Å². The van der Waals surface area contributed by atoms with E-state index in [1.165, 1.54) is 24.9 Å². The molecule has 0 aromatic carbocycles. The molecule has 15 heavy (non-hydrogen) atoms. The predicted octanol–water partition coefficient (Wildman–Crippen LogP) is 3.22. The maximum Gasteiger partial charge on any atom is 0.0410 e. The molecule has 0 spiro atoms. The Balaban J connectivity index is 2.09. The molecule has 0 unspecified atom stereocenters. The molecule has 0 radical (unpaired) electrons. The van der Waals surface area contributed by atoms with Gasteiger partial charge in [-0.15, -0.1) is 0 Å². The molecule has 1 aromatic heterocycles. The summed E-state index contributed by atoms with van der Waals surface area (Å²) in [5.74, 6) is 0. The minimum Gasteiger partial charge on any atom is -0.294 e. The molecule has 0 saturated carbocycles. The fraction of sp³-hybridized carbons (Fsp3) is 0.583. The third-order valence-corrected chi connectivity index (χ3v) is 3.64. The number of rotatable bonds is 2. The van der Waals surface area contributed by atoms with Crippen LogP contribution in [0, 0.1) is 0 Å². The molecule has 2 rings (SSSR count). The van der Waals surface area contributed by atoms with Gasteiger partial charge in [-0.05, 0) is 60.8 Å². The summed E-state index contributed by atoms with van der Waals surface area (Å²) in [6, 6.07) is 2.15. The first kappa shape index (κ1) is 11.1. The van der Waals surface area contributed by atoms with Crippen LogP contribution in [0.3, 0.4) is 0 Å². The molecule has 1 aromatic rings. The van der Waals surface area contributed by atoms with Crippen molar-refractivity contribution in [2.45, 2.75) is 38.8 Å². The molecule has 82 valence electrons. The minimum absolute atomic E-state index is 0.350. The fourth-order valence-electron chi connectivity index (χ4n) is 2.22. The monoisotopic (exact) mass is 268 g/mol. The average Bonchev–Trinajstić information content (AvgIpc) is 2.46. The van der Waals surface area contributed by atoms with E-state index in [-0.39, 0.29) is 0 Å². The van der Waals surface area contributed by atoms with E-state index in [1.54, 1.807) is 0 Å². The molecule has 1 aliphatic rings. The summed E-state index contributed by atoms with van der Waals surface area (Å²) in [6.07, 6.45) is 6.40. The SMILES string of the molecule is CC1(C)CCCN1Cc1cncc(Br)c1. The van der Waals surface area contributed by atoms with Gasteiger partial charge in [0.15, 0.2) is 0 Å². The van der Waals surface area contributed by atoms with Crippen molar-refractivity contribution in [1.82, 2.24) is 9.88 Å². The quantitative estimate of drug-likeness (QED) is 0.819. The Morgan fingerprint density at radius 3 is 2.87 bits per heavy atom. The van der Waals surface area contributed by atoms with Gasteiger partial charge in [0.2, 0.25) is 0 Å². The van der Waals surface area contributed by atoms with Gasteiger partial charge in [-0.1, -0.05) is 0 Å². The second-order valence-corrected chi connectivity index (χ2v) is 5.76. The summed E-state index contributed by atoms with van der Waals surface area (Å²) in [6.45, 7) is 6.87. The second kappa shape index (κ2) is 4.22. The topological polar surface area (TPSA) is 16.1 Å². The molecule has 1 saturated heterocycles. The van der Waals surface area contributed by atoms with Crippen molar-refractivity contribution in [2.75, 3.05) is 6.54 Å². The van der Waals surface area contributed by atoms with Gasteiger partial charge in [0.25, 0.3) is 0 Å². The summed E-state index contributed by atoms with van der Waals surface area (Å²) >= 11 is 3.46. The zero-order valence-corrected chi connectivity index (χ0v) is 10.9. The van der Waals surface area contributed by atoms with Crippen molar-refractivity contribution in [2.24, 2.45) is 0 Å². The Morgan fingerprint density at radius 1 is 1.47 bits per heavy atom. The lowest BCUT2D eigenvalue weighted by atomic mass is 10.0. The van der Waals surface area contributed by atoms with Crippen LogP contribution in [-0.4, -0.2) is 22.0 Å². The van der Waals surface area contributed by atoms with E-state index in [1.807, 2.05) is 12.4 Å². The van der Waals surface area contributed by atoms with Crippen molar-refractivity contribution in [3.05, 3.63) is 28.5 Å². The van der Waals surface area contributed by atoms with E-state index in [4.69, 9.17) is 0 Å². The van der Waals surface area contributed by atoms with Gasteiger partial charge in [-0.25, -0.2) is 0 Å². The Morgan fingerprint density at radius 2 is 2.27 bits per heavy atom. The van der Waals surface area contributed by atoms with E-state index in [0.717, 1.165) is 11.0 Å². The van der Waals surface area contributed by atoms with E-state index in [0.29, 0.717) is 5.54 Å². The van der Waals surface area contributed by atoms with Crippen LogP contribution in [0.5, 0.6) is 0 Å². The number of likely N-dealkylation sites (tertiary alicyclic amines) is 1. The smallest absolute Gasteiger partial charge is 0.0410 e. The van der Waals surface area contributed by atoms with Crippen LogP contribution in [-0.2, 0) is 6.54 Å². The van der Waals surface area contributed by atoms with Crippen molar-refractivity contribution >= 4 is 15.9 Å². The Kier molecular flexibility index (Phi) is 3.12. The van der Waals surface area contributed by atoms with Gasteiger partial charge in [-0.2, -0.15) is 0 Å². The third-order valence-electron chi connectivity index (χ3n) is 3.21. The molecule has 1 aliphatic heterocycles. The molecule has 2 heterocycles. The number of aromatic nitrogens is 1. The van der Waals surface area contributed by atoms with Crippen LogP contribution >= 0.6 is 15.9 Å². The van der Waals surface area contributed by atoms with Crippen LogP contribution in [0.4, 0.5) is 0 Å². The van der Waals surface area contributed by atoms with Crippen LogP contribution in [0.1, 0.15) is 32.3 Å². The molecule has 0 aliphatic carbocycles. The summed E-state index contributed by atoms with van der Waals surface area (Å²) in [4.78, 5) is 6.74. The Labute approximate surface area is 99.8 Å². The summed E-state index contributed by atoms with van der Waals surface area (Å²) in [5, 5.41) is 0. The van der Waals surface area contributed by atoms with Gasteiger partial charge in [0, 0.05) is 29.0 Å². The lowest BCUT2D eigenvalue weighted by Gasteiger charge is -2.31. The Bertz CT molecular complexity index is 349. The van der Waals surface area contributed by atoms with E-state index < -0.39 is 0 Å². The minimum atomic E-state index is 0.350. The maximum atomic E-state index is 4.20. The zero-order chi connectivity index (χ0) is 10.9. The van der Waals surface area contributed by atoms with Crippen LogP contribution in [0.15, 0.2) is 22.9 Å². The maximum absolute atomic E-state index is 4.20. The average molecular weight is 269 g/mol. The number of hydrogen-bond acceptors (Lipinski definition) is 2. The highest BCUT2D eigenvalue weighted by Gasteiger charge is 2.31. The van der Waals surface area contributed by atoms with E-state index in [9.17, 15) is 0 Å². The number of hydrogen-bond donors (Lipinski definition) is 0. The highest BCUT2D eigenvalue weighted by Crippen LogP contribution is 2.29. The van der Waals surface area contributed by atoms with Gasteiger partial charge < -0.3 is 0 Å². The molecule has 3 heteroatoms. The largest absolute Gasteiger partial charge is 0.294 e. The number of halogens is 1. The van der Waals surface area contributed by atoms with Crippen LogP contribution in [0.25, 0.3) is 0 Å². The normalized spacial score (nSPS) is 20.7. The molecule has 0 N–H and O–H groups in total. The molecule has 0 atom stereocenters. The lowest BCUT2D eigenvalue weighted by Crippen LogP contribution is -2.37. The van der Waals surface area contributed by atoms with Gasteiger partial charge in [0.1, 0.15) is 0 Å². The number of pyridine rings is 1. The summed E-state index contributed by atoms with van der Waals surface area (Å²) in [7, 11) is 0. The second-order valence-electron chi connectivity index (χ2n) is 4.85. The van der Waals surface area contributed by atoms with Gasteiger partial charge in [-0.3, -0.25) is 9.88 Å².